The van der Waals surface area contributed by atoms with Crippen molar-refractivity contribution in [2.75, 3.05) is 26.1 Å². The van der Waals surface area contributed by atoms with Gasteiger partial charge in [0.25, 0.3) is 0 Å². The van der Waals surface area contributed by atoms with E-state index in [2.05, 4.69) is 20.7 Å². The SMILES string of the molecule is COc1ccc(NC(=O)C(=O)NCCc2csc3nc(-c4ccc(Cl)cc4)nn23)cc1OC. The topological polar surface area (TPSA) is 107 Å². The first-order valence-corrected chi connectivity index (χ1v) is 11.1. The third-order valence-electron chi connectivity index (χ3n) is 4.77. The van der Waals surface area contributed by atoms with Gasteiger partial charge in [0.05, 0.1) is 19.9 Å². The number of aromatic nitrogens is 3. The highest BCUT2D eigenvalue weighted by molar-refractivity contribution is 7.15. The summed E-state index contributed by atoms with van der Waals surface area (Å²) in [6, 6.07) is 12.1. The maximum Gasteiger partial charge on any atom is 0.313 e. The summed E-state index contributed by atoms with van der Waals surface area (Å²) in [4.78, 5) is 29.7. The van der Waals surface area contributed by atoms with Gasteiger partial charge in [-0.2, -0.15) is 4.98 Å². The third-order valence-corrected chi connectivity index (χ3v) is 5.88. The molecule has 2 amide bonds. The third kappa shape index (κ3) is 5.07. The van der Waals surface area contributed by atoms with E-state index in [4.69, 9.17) is 21.1 Å². The van der Waals surface area contributed by atoms with E-state index in [1.807, 2.05) is 17.5 Å². The number of halogens is 1. The van der Waals surface area contributed by atoms with E-state index in [0.717, 1.165) is 16.2 Å². The zero-order valence-electron chi connectivity index (χ0n) is 17.8. The molecule has 0 bridgehead atoms. The van der Waals surface area contributed by atoms with Crippen LogP contribution < -0.4 is 20.1 Å². The number of methoxy groups -OCH3 is 2. The molecule has 0 aliphatic rings. The summed E-state index contributed by atoms with van der Waals surface area (Å²) in [5, 5.41) is 12.3. The van der Waals surface area contributed by atoms with Crippen LogP contribution in [0.5, 0.6) is 11.5 Å². The summed E-state index contributed by atoms with van der Waals surface area (Å²) in [5.74, 6) is 0.0515. The number of fused-ring (bicyclic) bond motifs is 1. The van der Waals surface area contributed by atoms with E-state index in [-0.39, 0.29) is 6.54 Å². The lowest BCUT2D eigenvalue weighted by Crippen LogP contribution is -2.36. The predicted molar refractivity (Wildman–Crippen MR) is 126 cm³/mol. The molecule has 0 aliphatic carbocycles. The lowest BCUT2D eigenvalue weighted by atomic mass is 10.2. The number of anilines is 1. The quantitative estimate of drug-likeness (QED) is 0.388. The Morgan fingerprint density at radius 2 is 1.82 bits per heavy atom. The Bertz CT molecular complexity index is 1300. The second kappa shape index (κ2) is 9.88. The molecule has 0 saturated carbocycles. The Labute approximate surface area is 198 Å². The summed E-state index contributed by atoms with van der Waals surface area (Å²) in [6.07, 6.45) is 0.485. The number of rotatable bonds is 7. The van der Waals surface area contributed by atoms with Crippen LogP contribution in [0.3, 0.4) is 0 Å². The molecule has 2 aromatic heterocycles. The minimum Gasteiger partial charge on any atom is -0.493 e. The molecule has 0 fully saturated rings. The van der Waals surface area contributed by atoms with Gasteiger partial charge in [-0.1, -0.05) is 11.6 Å². The molecule has 0 aliphatic heterocycles. The van der Waals surface area contributed by atoms with Crippen molar-refractivity contribution in [3.8, 4) is 22.9 Å². The first kappa shape index (κ1) is 22.6. The van der Waals surface area contributed by atoms with Crippen molar-refractivity contribution >= 4 is 45.4 Å². The van der Waals surface area contributed by atoms with Crippen LogP contribution in [0, 0.1) is 0 Å². The second-order valence-electron chi connectivity index (χ2n) is 6.89. The van der Waals surface area contributed by atoms with Crippen LogP contribution in [-0.2, 0) is 16.0 Å². The Hall–Kier alpha value is -3.63. The molecule has 33 heavy (non-hydrogen) atoms. The number of ether oxygens (including phenoxy) is 2. The first-order valence-electron chi connectivity index (χ1n) is 9.89. The van der Waals surface area contributed by atoms with Gasteiger partial charge in [0.15, 0.2) is 17.3 Å². The fraction of sp³-hybridized carbons (Fsp3) is 0.182. The largest absolute Gasteiger partial charge is 0.493 e. The molecule has 2 aromatic carbocycles. The van der Waals surface area contributed by atoms with Crippen molar-refractivity contribution in [1.29, 1.82) is 0 Å². The highest BCUT2D eigenvalue weighted by Crippen LogP contribution is 2.29. The average Bonchev–Trinajstić information content (AvgIpc) is 3.41. The van der Waals surface area contributed by atoms with E-state index in [9.17, 15) is 9.59 Å². The van der Waals surface area contributed by atoms with E-state index in [1.54, 1.807) is 34.8 Å². The summed E-state index contributed by atoms with van der Waals surface area (Å²) in [5.41, 5.74) is 2.16. The van der Waals surface area contributed by atoms with Gasteiger partial charge < -0.3 is 20.1 Å². The monoisotopic (exact) mass is 485 g/mol. The maximum atomic E-state index is 12.2. The van der Waals surface area contributed by atoms with Gasteiger partial charge >= 0.3 is 11.8 Å². The van der Waals surface area contributed by atoms with Crippen molar-refractivity contribution in [2.45, 2.75) is 6.42 Å². The molecule has 0 spiro atoms. The molecule has 0 radical (unpaired) electrons. The number of hydrogen-bond donors (Lipinski definition) is 2. The van der Waals surface area contributed by atoms with Crippen LogP contribution in [0.2, 0.25) is 5.02 Å². The van der Waals surface area contributed by atoms with Crippen LogP contribution in [0.1, 0.15) is 5.69 Å². The number of nitrogens with zero attached hydrogens (tertiary/aromatic N) is 3. The van der Waals surface area contributed by atoms with E-state index in [1.165, 1.54) is 25.6 Å². The molecule has 2 N–H and O–H groups in total. The van der Waals surface area contributed by atoms with E-state index >= 15 is 0 Å². The number of carbonyl (C=O) groups excluding carboxylic acids is 2. The lowest BCUT2D eigenvalue weighted by Gasteiger charge is -2.10. The highest BCUT2D eigenvalue weighted by atomic mass is 35.5. The van der Waals surface area contributed by atoms with Crippen molar-refractivity contribution in [2.24, 2.45) is 0 Å². The molecule has 2 heterocycles. The molecule has 0 atom stereocenters. The van der Waals surface area contributed by atoms with Gasteiger partial charge in [0, 0.05) is 40.7 Å². The van der Waals surface area contributed by atoms with Gasteiger partial charge in [0.1, 0.15) is 0 Å². The molecule has 0 unspecified atom stereocenters. The zero-order valence-corrected chi connectivity index (χ0v) is 19.4. The molecule has 9 nitrogen and oxygen atoms in total. The van der Waals surface area contributed by atoms with Crippen molar-refractivity contribution < 1.29 is 19.1 Å². The summed E-state index contributed by atoms with van der Waals surface area (Å²) in [6.45, 7) is 0.264. The van der Waals surface area contributed by atoms with Gasteiger partial charge in [-0.3, -0.25) is 9.59 Å². The molecule has 11 heteroatoms. The van der Waals surface area contributed by atoms with Gasteiger partial charge in [-0.15, -0.1) is 16.4 Å². The number of hydrogen-bond acceptors (Lipinski definition) is 7. The molecular weight excluding hydrogens is 466 g/mol. The van der Waals surface area contributed by atoms with Gasteiger partial charge in [0.2, 0.25) is 4.96 Å². The van der Waals surface area contributed by atoms with Crippen LogP contribution >= 0.6 is 22.9 Å². The van der Waals surface area contributed by atoms with Crippen LogP contribution in [0.25, 0.3) is 16.3 Å². The fourth-order valence-electron chi connectivity index (χ4n) is 3.10. The van der Waals surface area contributed by atoms with Crippen LogP contribution in [0.15, 0.2) is 47.8 Å². The number of carbonyl (C=O) groups is 2. The zero-order chi connectivity index (χ0) is 23.4. The number of amides is 2. The molecule has 4 rings (SSSR count). The van der Waals surface area contributed by atoms with E-state index in [0.29, 0.717) is 34.5 Å². The Morgan fingerprint density at radius 3 is 2.55 bits per heavy atom. The van der Waals surface area contributed by atoms with Gasteiger partial charge in [-0.25, -0.2) is 4.52 Å². The number of nitrogens with one attached hydrogen (secondary N) is 2. The number of thiazole rings is 1. The van der Waals surface area contributed by atoms with Crippen molar-refractivity contribution in [1.82, 2.24) is 19.9 Å². The lowest BCUT2D eigenvalue weighted by molar-refractivity contribution is -0.136. The molecule has 0 saturated heterocycles. The minimum absolute atomic E-state index is 0.264. The predicted octanol–water partition coefficient (Wildman–Crippen LogP) is 3.43. The van der Waals surface area contributed by atoms with E-state index < -0.39 is 11.8 Å². The number of benzene rings is 2. The molecule has 4 aromatic rings. The fourth-order valence-corrected chi connectivity index (χ4v) is 4.09. The standard InChI is InChI=1S/C22H20ClN5O4S/c1-31-17-8-7-15(11-18(17)32-2)25-21(30)20(29)24-10-9-16-12-33-22-26-19(27-28(16)22)13-3-5-14(23)6-4-13/h3-8,11-12H,9-10H2,1-2H3,(H,24,29)(H,25,30). The van der Waals surface area contributed by atoms with Crippen LogP contribution in [-0.4, -0.2) is 47.2 Å². The normalized spacial score (nSPS) is 10.8. The Morgan fingerprint density at radius 1 is 1.06 bits per heavy atom. The smallest absolute Gasteiger partial charge is 0.313 e. The Balaban J connectivity index is 1.34. The minimum atomic E-state index is -0.775. The van der Waals surface area contributed by atoms with Crippen molar-refractivity contribution in [3.63, 3.8) is 0 Å². The Kier molecular flexibility index (Phi) is 6.76. The maximum absolute atomic E-state index is 12.2. The second-order valence-corrected chi connectivity index (χ2v) is 8.17. The van der Waals surface area contributed by atoms with Crippen LogP contribution in [0.4, 0.5) is 5.69 Å². The van der Waals surface area contributed by atoms with Gasteiger partial charge in [-0.05, 0) is 36.4 Å². The first-order chi connectivity index (χ1) is 16.0. The summed E-state index contributed by atoms with van der Waals surface area (Å²) in [7, 11) is 3.01. The molecule has 170 valence electrons. The molecular formula is C22H20ClN5O4S. The summed E-state index contributed by atoms with van der Waals surface area (Å²) < 4.78 is 12.1. The van der Waals surface area contributed by atoms with Crippen molar-refractivity contribution in [3.05, 3.63) is 58.6 Å². The average molecular weight is 486 g/mol. The highest BCUT2D eigenvalue weighted by Gasteiger charge is 2.16. The summed E-state index contributed by atoms with van der Waals surface area (Å²) >= 11 is 7.40.